The molecular formula is C14H18BrNO3. The van der Waals surface area contributed by atoms with E-state index in [-0.39, 0.29) is 29.0 Å². The van der Waals surface area contributed by atoms with Crippen molar-refractivity contribution in [2.45, 2.75) is 31.7 Å². The Hall–Kier alpha value is -1.23. The normalized spacial score (nSPS) is 20.1. The van der Waals surface area contributed by atoms with Crippen LogP contribution in [-0.4, -0.2) is 38.9 Å². The maximum atomic E-state index is 12.5. The van der Waals surface area contributed by atoms with Crippen LogP contribution in [0.3, 0.4) is 0 Å². The third-order valence-corrected chi connectivity index (χ3v) is 4.27. The van der Waals surface area contributed by atoms with E-state index in [1.807, 2.05) is 0 Å². The Morgan fingerprint density at radius 2 is 2.11 bits per heavy atom. The summed E-state index contributed by atoms with van der Waals surface area (Å²) in [5, 5.41) is 20.0. The van der Waals surface area contributed by atoms with E-state index in [0.717, 1.165) is 31.0 Å². The fourth-order valence-electron chi connectivity index (χ4n) is 2.46. The Bertz CT molecular complexity index is 464. The van der Waals surface area contributed by atoms with E-state index in [9.17, 15) is 15.0 Å². The van der Waals surface area contributed by atoms with Gasteiger partial charge in [-0.1, -0.05) is 28.8 Å². The molecule has 0 aromatic heterocycles. The standard InChI is InChI=1S/C14H18BrNO3/c15-9-10-4-2-1-3-7-16(10)14(19)12-8-11(17)5-6-13(12)18/h5-6,8,10,17-18H,1-4,7,9H2. The van der Waals surface area contributed by atoms with Gasteiger partial charge in [-0.2, -0.15) is 0 Å². The van der Waals surface area contributed by atoms with Crippen LogP contribution in [0, 0.1) is 0 Å². The highest BCUT2D eigenvalue weighted by Gasteiger charge is 2.27. The number of nitrogens with zero attached hydrogens (tertiary/aromatic N) is 1. The highest BCUT2D eigenvalue weighted by molar-refractivity contribution is 9.09. The van der Waals surface area contributed by atoms with Crippen LogP contribution < -0.4 is 0 Å². The molecule has 19 heavy (non-hydrogen) atoms. The van der Waals surface area contributed by atoms with Gasteiger partial charge in [0.2, 0.25) is 0 Å². The summed E-state index contributed by atoms with van der Waals surface area (Å²) in [5.41, 5.74) is 0.174. The summed E-state index contributed by atoms with van der Waals surface area (Å²) in [4.78, 5) is 14.3. The number of carbonyl (C=O) groups is 1. The molecule has 1 unspecified atom stereocenters. The highest BCUT2D eigenvalue weighted by Crippen LogP contribution is 2.27. The van der Waals surface area contributed by atoms with E-state index in [1.165, 1.54) is 18.2 Å². The van der Waals surface area contributed by atoms with Crippen molar-refractivity contribution in [1.29, 1.82) is 0 Å². The molecule has 104 valence electrons. The lowest BCUT2D eigenvalue weighted by Crippen LogP contribution is -2.41. The topological polar surface area (TPSA) is 60.8 Å². The number of amides is 1. The fourth-order valence-corrected chi connectivity index (χ4v) is 3.13. The maximum absolute atomic E-state index is 12.5. The second kappa shape index (κ2) is 6.28. The summed E-state index contributed by atoms with van der Waals surface area (Å²) in [5.74, 6) is -0.300. The van der Waals surface area contributed by atoms with Gasteiger partial charge in [-0.15, -0.1) is 0 Å². The number of hydrogen-bond acceptors (Lipinski definition) is 3. The number of aromatic hydroxyl groups is 2. The van der Waals surface area contributed by atoms with Gasteiger partial charge < -0.3 is 15.1 Å². The fraction of sp³-hybridized carbons (Fsp3) is 0.500. The second-order valence-corrected chi connectivity index (χ2v) is 5.50. The maximum Gasteiger partial charge on any atom is 0.258 e. The van der Waals surface area contributed by atoms with E-state index < -0.39 is 0 Å². The summed E-state index contributed by atoms with van der Waals surface area (Å²) in [6, 6.07) is 4.20. The number of phenols is 2. The first-order valence-corrected chi connectivity index (χ1v) is 7.64. The molecule has 0 aliphatic carbocycles. The summed E-state index contributed by atoms with van der Waals surface area (Å²) in [6.07, 6.45) is 4.19. The summed E-state index contributed by atoms with van der Waals surface area (Å²) >= 11 is 3.45. The van der Waals surface area contributed by atoms with E-state index >= 15 is 0 Å². The van der Waals surface area contributed by atoms with Gasteiger partial charge in [-0.05, 0) is 31.0 Å². The molecule has 1 aromatic rings. The quantitative estimate of drug-likeness (QED) is 0.648. The van der Waals surface area contributed by atoms with Crippen LogP contribution in [-0.2, 0) is 0 Å². The van der Waals surface area contributed by atoms with Gasteiger partial charge >= 0.3 is 0 Å². The Balaban J connectivity index is 2.27. The summed E-state index contributed by atoms with van der Waals surface area (Å²) in [7, 11) is 0. The highest BCUT2D eigenvalue weighted by atomic mass is 79.9. The number of likely N-dealkylation sites (tertiary alicyclic amines) is 1. The van der Waals surface area contributed by atoms with Crippen molar-refractivity contribution in [2.24, 2.45) is 0 Å². The van der Waals surface area contributed by atoms with Crippen LogP contribution in [0.4, 0.5) is 0 Å². The smallest absolute Gasteiger partial charge is 0.258 e. The molecule has 1 fully saturated rings. The number of phenolic OH excluding ortho intramolecular Hbond substituents is 2. The lowest BCUT2D eigenvalue weighted by molar-refractivity contribution is 0.0699. The van der Waals surface area contributed by atoms with E-state index in [0.29, 0.717) is 6.54 Å². The summed E-state index contributed by atoms with van der Waals surface area (Å²) in [6.45, 7) is 0.699. The average Bonchev–Trinajstić information content (AvgIpc) is 2.65. The minimum atomic E-state index is -0.209. The van der Waals surface area contributed by atoms with Crippen molar-refractivity contribution in [1.82, 2.24) is 4.90 Å². The zero-order valence-electron chi connectivity index (χ0n) is 10.7. The Morgan fingerprint density at radius 3 is 2.84 bits per heavy atom. The second-order valence-electron chi connectivity index (χ2n) is 4.86. The molecule has 5 heteroatoms. The van der Waals surface area contributed by atoms with Crippen molar-refractivity contribution in [3.63, 3.8) is 0 Å². The molecule has 1 atom stereocenters. The molecule has 1 aliphatic heterocycles. The molecule has 2 rings (SSSR count). The van der Waals surface area contributed by atoms with Crippen molar-refractivity contribution < 1.29 is 15.0 Å². The number of halogens is 1. The molecule has 0 radical (unpaired) electrons. The lowest BCUT2D eigenvalue weighted by Gasteiger charge is -2.29. The first-order chi connectivity index (χ1) is 9.13. The minimum Gasteiger partial charge on any atom is -0.508 e. The monoisotopic (exact) mass is 327 g/mol. The number of hydrogen-bond donors (Lipinski definition) is 2. The molecule has 4 nitrogen and oxygen atoms in total. The van der Waals surface area contributed by atoms with Gasteiger partial charge in [0.15, 0.2) is 0 Å². The largest absolute Gasteiger partial charge is 0.508 e. The third kappa shape index (κ3) is 3.21. The molecule has 1 aliphatic rings. The van der Waals surface area contributed by atoms with Gasteiger partial charge in [0.25, 0.3) is 5.91 Å². The Morgan fingerprint density at radius 1 is 1.32 bits per heavy atom. The first-order valence-electron chi connectivity index (χ1n) is 6.52. The van der Waals surface area contributed by atoms with Crippen LogP contribution in [0.5, 0.6) is 11.5 Å². The van der Waals surface area contributed by atoms with Gasteiger partial charge in [-0.25, -0.2) is 0 Å². The van der Waals surface area contributed by atoms with Crippen LogP contribution in [0.2, 0.25) is 0 Å². The summed E-state index contributed by atoms with van der Waals surface area (Å²) < 4.78 is 0. The van der Waals surface area contributed by atoms with Gasteiger partial charge in [-0.3, -0.25) is 4.79 Å². The molecule has 1 saturated heterocycles. The Kier molecular flexibility index (Phi) is 4.69. The number of alkyl halides is 1. The van der Waals surface area contributed by atoms with Crippen LogP contribution in [0.15, 0.2) is 18.2 Å². The van der Waals surface area contributed by atoms with Crippen molar-refractivity contribution in [3.8, 4) is 11.5 Å². The molecule has 0 bridgehead atoms. The van der Waals surface area contributed by atoms with Crippen LogP contribution in [0.1, 0.15) is 36.0 Å². The first kappa shape index (κ1) is 14.2. The predicted molar refractivity (Wildman–Crippen MR) is 76.9 cm³/mol. The SMILES string of the molecule is O=C(c1cc(O)ccc1O)N1CCCCCC1CBr. The molecule has 1 aromatic carbocycles. The number of carbonyl (C=O) groups excluding carboxylic acids is 1. The minimum absolute atomic E-state index is 0.00800. The van der Waals surface area contributed by atoms with E-state index in [2.05, 4.69) is 15.9 Å². The third-order valence-electron chi connectivity index (χ3n) is 3.53. The lowest BCUT2D eigenvalue weighted by atomic mass is 10.1. The molecule has 1 amide bonds. The number of rotatable bonds is 2. The van der Waals surface area contributed by atoms with Crippen molar-refractivity contribution >= 4 is 21.8 Å². The Labute approximate surface area is 121 Å². The average molecular weight is 328 g/mol. The molecule has 0 saturated carbocycles. The van der Waals surface area contributed by atoms with Crippen LogP contribution in [0.25, 0.3) is 0 Å². The van der Waals surface area contributed by atoms with Crippen molar-refractivity contribution in [3.05, 3.63) is 23.8 Å². The number of benzene rings is 1. The van der Waals surface area contributed by atoms with Crippen molar-refractivity contribution in [2.75, 3.05) is 11.9 Å². The van der Waals surface area contributed by atoms with Gasteiger partial charge in [0, 0.05) is 17.9 Å². The molecule has 2 N–H and O–H groups in total. The zero-order valence-corrected chi connectivity index (χ0v) is 12.3. The predicted octanol–water partition coefficient (Wildman–Crippen LogP) is 2.88. The molecular weight excluding hydrogens is 310 g/mol. The van der Waals surface area contributed by atoms with E-state index in [1.54, 1.807) is 4.90 Å². The zero-order chi connectivity index (χ0) is 13.8. The van der Waals surface area contributed by atoms with Gasteiger partial charge in [0.05, 0.1) is 5.56 Å². The van der Waals surface area contributed by atoms with E-state index in [4.69, 9.17) is 0 Å². The molecule has 1 heterocycles. The molecule has 0 spiro atoms. The van der Waals surface area contributed by atoms with Gasteiger partial charge in [0.1, 0.15) is 11.5 Å². The van der Waals surface area contributed by atoms with Crippen LogP contribution >= 0.6 is 15.9 Å².